The number of amides is 1. The van der Waals surface area contributed by atoms with E-state index in [4.69, 9.17) is 5.11 Å². The van der Waals surface area contributed by atoms with Gasteiger partial charge >= 0.3 is 12.1 Å². The molecule has 0 atom stereocenters. The van der Waals surface area contributed by atoms with Gasteiger partial charge in [0, 0.05) is 12.0 Å². The van der Waals surface area contributed by atoms with Crippen molar-refractivity contribution in [1.29, 1.82) is 0 Å². The summed E-state index contributed by atoms with van der Waals surface area (Å²) in [5, 5.41) is 11.2. The molecule has 0 aliphatic rings. The maximum Gasteiger partial charge on any atom is 0.389 e. The number of hydrogen-bond donors (Lipinski definition) is 2. The average Bonchev–Trinajstić information content (AvgIpc) is 2.24. The Morgan fingerprint density at radius 2 is 1.67 bits per heavy atom. The molecule has 0 bridgehead atoms. The lowest BCUT2D eigenvalue weighted by atomic mass is 9.88. The molecule has 2 N–H and O–H groups in total. The fourth-order valence-electron chi connectivity index (χ4n) is 1.62. The molecule has 0 radical (unpaired) electrons. The zero-order valence-corrected chi connectivity index (χ0v) is 10.4. The number of aliphatic carboxylic acids is 1. The molecule has 106 valence electrons. The van der Waals surface area contributed by atoms with Crippen molar-refractivity contribution in [3.05, 3.63) is 0 Å². The summed E-state index contributed by atoms with van der Waals surface area (Å²) >= 11 is 0. The maximum absolute atomic E-state index is 11.9. The third kappa shape index (κ3) is 6.46. The summed E-state index contributed by atoms with van der Waals surface area (Å²) in [4.78, 5) is 22.1. The Labute approximate surface area is 104 Å². The van der Waals surface area contributed by atoms with Crippen LogP contribution in [0, 0.1) is 0 Å². The van der Waals surface area contributed by atoms with E-state index in [2.05, 4.69) is 5.32 Å². The highest BCUT2D eigenvalue weighted by Gasteiger charge is 2.33. The number of carbonyl (C=O) groups excluding carboxylic acids is 1. The summed E-state index contributed by atoms with van der Waals surface area (Å²) in [6.07, 6.45) is -5.84. The number of alkyl halides is 3. The Morgan fingerprint density at radius 3 is 2.00 bits per heavy atom. The summed E-state index contributed by atoms with van der Waals surface area (Å²) in [6.45, 7) is 3.38. The lowest BCUT2D eigenvalue weighted by molar-refractivity contribution is -0.146. The minimum Gasteiger partial charge on any atom is -0.481 e. The first-order chi connectivity index (χ1) is 8.14. The van der Waals surface area contributed by atoms with Crippen LogP contribution in [0.4, 0.5) is 13.2 Å². The molecule has 4 nitrogen and oxygen atoms in total. The minimum atomic E-state index is -4.38. The van der Waals surface area contributed by atoms with E-state index in [-0.39, 0.29) is 6.42 Å². The van der Waals surface area contributed by atoms with Crippen LogP contribution in [0.5, 0.6) is 0 Å². The summed E-state index contributed by atoms with van der Waals surface area (Å²) < 4.78 is 35.8. The highest BCUT2D eigenvalue weighted by molar-refractivity contribution is 5.78. The van der Waals surface area contributed by atoms with Gasteiger partial charge in [-0.3, -0.25) is 9.59 Å². The van der Waals surface area contributed by atoms with Gasteiger partial charge in [-0.15, -0.1) is 0 Å². The third-order valence-corrected chi connectivity index (χ3v) is 2.88. The van der Waals surface area contributed by atoms with Gasteiger partial charge in [0.2, 0.25) is 5.91 Å². The average molecular weight is 269 g/mol. The number of halogens is 3. The van der Waals surface area contributed by atoms with Crippen molar-refractivity contribution in [3.63, 3.8) is 0 Å². The van der Waals surface area contributed by atoms with Crippen LogP contribution in [0.1, 0.15) is 46.0 Å². The first-order valence-electron chi connectivity index (χ1n) is 5.73. The third-order valence-electron chi connectivity index (χ3n) is 2.88. The van der Waals surface area contributed by atoms with Crippen molar-refractivity contribution in [3.8, 4) is 0 Å². The molecule has 0 heterocycles. The summed E-state index contributed by atoms with van der Waals surface area (Å²) in [6, 6.07) is 0. The standard InChI is InChI=1S/C11H18F3NO3/c1-3-10(4-2,7-9(17)18)15-8(16)5-6-11(12,13)14/h3-7H2,1-2H3,(H,15,16)(H,17,18). The molecular weight excluding hydrogens is 251 g/mol. The normalized spacial score (nSPS) is 12.3. The molecule has 1 amide bonds. The fraction of sp³-hybridized carbons (Fsp3) is 0.818. The van der Waals surface area contributed by atoms with Gasteiger partial charge in [-0.1, -0.05) is 13.8 Å². The van der Waals surface area contributed by atoms with Gasteiger partial charge in [0.25, 0.3) is 0 Å². The molecule has 0 saturated heterocycles. The predicted molar refractivity (Wildman–Crippen MR) is 59.0 cm³/mol. The quantitative estimate of drug-likeness (QED) is 0.746. The van der Waals surface area contributed by atoms with Gasteiger partial charge in [0.05, 0.1) is 12.8 Å². The number of rotatable bonds is 7. The molecule has 0 fully saturated rings. The number of hydrogen-bond acceptors (Lipinski definition) is 2. The van der Waals surface area contributed by atoms with Crippen LogP contribution < -0.4 is 5.32 Å². The Kier molecular flexibility index (Phi) is 6.14. The highest BCUT2D eigenvalue weighted by Crippen LogP contribution is 2.23. The lowest BCUT2D eigenvalue weighted by Gasteiger charge is -2.31. The zero-order chi connectivity index (χ0) is 14.4. The van der Waals surface area contributed by atoms with E-state index in [0.29, 0.717) is 12.8 Å². The number of carboxylic acids is 1. The van der Waals surface area contributed by atoms with E-state index in [1.54, 1.807) is 13.8 Å². The molecule has 0 aromatic heterocycles. The van der Waals surface area contributed by atoms with E-state index >= 15 is 0 Å². The van der Waals surface area contributed by atoms with Crippen LogP contribution in [0.3, 0.4) is 0 Å². The van der Waals surface area contributed by atoms with Gasteiger partial charge in [0.1, 0.15) is 0 Å². The van der Waals surface area contributed by atoms with Gasteiger partial charge in [-0.2, -0.15) is 13.2 Å². The molecule has 0 aromatic rings. The molecule has 18 heavy (non-hydrogen) atoms. The molecule has 7 heteroatoms. The molecule has 0 aliphatic heterocycles. The number of carboxylic acid groups (broad SMARTS) is 1. The Hall–Kier alpha value is -1.27. The van der Waals surface area contributed by atoms with Crippen molar-refractivity contribution >= 4 is 11.9 Å². The monoisotopic (exact) mass is 269 g/mol. The van der Waals surface area contributed by atoms with Crippen molar-refractivity contribution in [2.45, 2.75) is 57.7 Å². The molecular formula is C11H18F3NO3. The topological polar surface area (TPSA) is 66.4 Å². The Bertz CT molecular complexity index is 298. The van der Waals surface area contributed by atoms with Crippen LogP contribution in [-0.4, -0.2) is 28.7 Å². The van der Waals surface area contributed by atoms with Crippen molar-refractivity contribution < 1.29 is 27.9 Å². The number of nitrogens with one attached hydrogen (secondary N) is 1. The fourth-order valence-corrected chi connectivity index (χ4v) is 1.62. The highest BCUT2D eigenvalue weighted by atomic mass is 19.4. The van der Waals surface area contributed by atoms with Gasteiger partial charge in [-0.05, 0) is 12.8 Å². The predicted octanol–water partition coefficient (Wildman–Crippen LogP) is 2.48. The largest absolute Gasteiger partial charge is 0.481 e. The summed E-state index contributed by atoms with van der Waals surface area (Å²) in [5.41, 5.74) is -0.964. The van der Waals surface area contributed by atoms with Crippen LogP contribution in [0.25, 0.3) is 0 Å². The van der Waals surface area contributed by atoms with E-state index < -0.39 is 36.4 Å². The van der Waals surface area contributed by atoms with Gasteiger partial charge in [0.15, 0.2) is 0 Å². The van der Waals surface area contributed by atoms with Crippen molar-refractivity contribution in [2.24, 2.45) is 0 Å². The number of carbonyl (C=O) groups is 2. The van der Waals surface area contributed by atoms with Crippen molar-refractivity contribution in [1.82, 2.24) is 5.32 Å². The second-order valence-corrected chi connectivity index (χ2v) is 4.22. The second kappa shape index (κ2) is 6.61. The van der Waals surface area contributed by atoms with E-state index in [9.17, 15) is 22.8 Å². The van der Waals surface area contributed by atoms with Gasteiger partial charge in [-0.25, -0.2) is 0 Å². The molecule has 0 unspecified atom stereocenters. The molecule has 0 rings (SSSR count). The van der Waals surface area contributed by atoms with Crippen molar-refractivity contribution in [2.75, 3.05) is 0 Å². The lowest BCUT2D eigenvalue weighted by Crippen LogP contribution is -2.49. The second-order valence-electron chi connectivity index (χ2n) is 4.22. The van der Waals surface area contributed by atoms with Gasteiger partial charge < -0.3 is 10.4 Å². The molecule has 0 aliphatic carbocycles. The molecule has 0 aromatic carbocycles. The SMILES string of the molecule is CCC(CC)(CC(=O)O)NC(=O)CCC(F)(F)F. The van der Waals surface area contributed by atoms with Crippen LogP contribution in [0.15, 0.2) is 0 Å². The Morgan fingerprint density at radius 1 is 1.17 bits per heavy atom. The van der Waals surface area contributed by atoms with E-state index in [0.717, 1.165) is 0 Å². The van der Waals surface area contributed by atoms with Crippen LogP contribution >= 0.6 is 0 Å². The smallest absolute Gasteiger partial charge is 0.389 e. The molecule has 0 saturated carbocycles. The van der Waals surface area contributed by atoms with E-state index in [1.165, 1.54) is 0 Å². The summed E-state index contributed by atoms with van der Waals surface area (Å²) in [7, 11) is 0. The summed E-state index contributed by atoms with van der Waals surface area (Å²) in [5.74, 6) is -1.85. The molecule has 0 spiro atoms. The zero-order valence-electron chi connectivity index (χ0n) is 10.4. The first-order valence-corrected chi connectivity index (χ1v) is 5.73. The first kappa shape index (κ1) is 16.7. The van der Waals surface area contributed by atoms with Crippen LogP contribution in [0.2, 0.25) is 0 Å². The van der Waals surface area contributed by atoms with Crippen LogP contribution in [-0.2, 0) is 9.59 Å². The minimum absolute atomic E-state index is 0.294. The maximum atomic E-state index is 11.9. The Balaban J connectivity index is 4.49. The van der Waals surface area contributed by atoms with E-state index in [1.807, 2.05) is 0 Å².